The summed E-state index contributed by atoms with van der Waals surface area (Å²) in [7, 11) is 0. The molecule has 2 rings (SSSR count). The summed E-state index contributed by atoms with van der Waals surface area (Å²) in [6.07, 6.45) is 0.280. The number of rotatable bonds is 4. The summed E-state index contributed by atoms with van der Waals surface area (Å²) >= 11 is 3.39. The van der Waals surface area contributed by atoms with Gasteiger partial charge in [0.1, 0.15) is 11.6 Å². The van der Waals surface area contributed by atoms with E-state index in [0.717, 1.165) is 27.7 Å². The Morgan fingerprint density at radius 1 is 1.20 bits per heavy atom. The second-order valence-corrected chi connectivity index (χ2v) is 5.58. The fourth-order valence-electron chi connectivity index (χ4n) is 2.21. The van der Waals surface area contributed by atoms with E-state index in [0.29, 0.717) is 5.56 Å². The van der Waals surface area contributed by atoms with Crippen LogP contribution in [0.1, 0.15) is 22.7 Å². The molecule has 0 saturated heterocycles. The van der Waals surface area contributed by atoms with Crippen molar-refractivity contribution in [3.05, 3.63) is 69.2 Å². The molecule has 0 aliphatic carbocycles. The maximum absolute atomic E-state index is 13.7. The van der Waals surface area contributed by atoms with E-state index in [4.69, 9.17) is 5.84 Å². The van der Waals surface area contributed by atoms with Gasteiger partial charge in [-0.2, -0.15) is 0 Å². The summed E-state index contributed by atoms with van der Waals surface area (Å²) < 4.78 is 27.9. The molecule has 0 heterocycles. The van der Waals surface area contributed by atoms with Gasteiger partial charge in [0.05, 0.1) is 6.04 Å². The van der Waals surface area contributed by atoms with Crippen LogP contribution in [0.2, 0.25) is 0 Å². The van der Waals surface area contributed by atoms with Crippen LogP contribution < -0.4 is 11.3 Å². The lowest BCUT2D eigenvalue weighted by atomic mass is 9.95. The molecule has 1 unspecified atom stereocenters. The Hall–Kier alpha value is -1.30. The van der Waals surface area contributed by atoms with Crippen LogP contribution in [0.25, 0.3) is 0 Å². The first kappa shape index (κ1) is 15.1. The van der Waals surface area contributed by atoms with Crippen molar-refractivity contribution in [1.29, 1.82) is 0 Å². The minimum atomic E-state index is -0.454. The topological polar surface area (TPSA) is 38.0 Å². The Balaban J connectivity index is 2.31. The molecule has 0 bridgehead atoms. The van der Waals surface area contributed by atoms with Crippen LogP contribution >= 0.6 is 15.9 Å². The number of hydrogen-bond acceptors (Lipinski definition) is 2. The second-order valence-electron chi connectivity index (χ2n) is 4.66. The fraction of sp³-hybridized carbons (Fsp3) is 0.200. The molecule has 0 amide bonds. The lowest BCUT2D eigenvalue weighted by Gasteiger charge is -2.19. The Labute approximate surface area is 125 Å². The quantitative estimate of drug-likeness (QED) is 0.656. The van der Waals surface area contributed by atoms with Gasteiger partial charge in [0.15, 0.2) is 0 Å². The van der Waals surface area contributed by atoms with Crippen LogP contribution in [0.3, 0.4) is 0 Å². The fourth-order valence-corrected chi connectivity index (χ4v) is 2.68. The van der Waals surface area contributed by atoms with Gasteiger partial charge in [0.25, 0.3) is 0 Å². The van der Waals surface area contributed by atoms with Crippen molar-refractivity contribution >= 4 is 15.9 Å². The van der Waals surface area contributed by atoms with Crippen molar-refractivity contribution in [3.63, 3.8) is 0 Å². The third kappa shape index (κ3) is 3.42. The Morgan fingerprint density at radius 2 is 1.95 bits per heavy atom. The molecule has 20 heavy (non-hydrogen) atoms. The molecule has 0 fully saturated rings. The highest BCUT2D eigenvalue weighted by molar-refractivity contribution is 9.10. The van der Waals surface area contributed by atoms with Gasteiger partial charge >= 0.3 is 0 Å². The van der Waals surface area contributed by atoms with Gasteiger partial charge in [-0.1, -0.05) is 22.0 Å². The molecule has 1 atom stereocenters. The first-order chi connectivity index (χ1) is 9.51. The number of hydrogen-bond donors (Lipinski definition) is 2. The average Bonchev–Trinajstić information content (AvgIpc) is 2.40. The molecule has 0 aliphatic heterocycles. The summed E-state index contributed by atoms with van der Waals surface area (Å²) in [5.74, 6) is 4.69. The van der Waals surface area contributed by atoms with Crippen LogP contribution in [0.5, 0.6) is 0 Å². The number of aryl methyl sites for hydroxylation is 1. The van der Waals surface area contributed by atoms with E-state index in [1.54, 1.807) is 0 Å². The van der Waals surface area contributed by atoms with Crippen molar-refractivity contribution in [2.75, 3.05) is 0 Å². The standard InChI is InChI=1S/C15H15BrF2N2/c1-9-6-11(16)2-4-13(9)15(20-19)8-10-7-12(17)3-5-14(10)18/h2-7,15,20H,8,19H2,1H3. The van der Waals surface area contributed by atoms with Crippen LogP contribution in [0.15, 0.2) is 40.9 Å². The summed E-state index contributed by atoms with van der Waals surface area (Å²) in [6, 6.07) is 8.94. The highest BCUT2D eigenvalue weighted by atomic mass is 79.9. The molecule has 3 N–H and O–H groups in total. The number of halogens is 3. The lowest BCUT2D eigenvalue weighted by Crippen LogP contribution is -2.30. The monoisotopic (exact) mass is 340 g/mol. The van der Waals surface area contributed by atoms with Gasteiger partial charge in [0, 0.05) is 4.47 Å². The molecule has 0 aromatic heterocycles. The minimum Gasteiger partial charge on any atom is -0.271 e. The van der Waals surface area contributed by atoms with E-state index in [1.807, 2.05) is 25.1 Å². The Bertz CT molecular complexity index is 617. The van der Waals surface area contributed by atoms with Crippen molar-refractivity contribution < 1.29 is 8.78 Å². The molecular formula is C15H15BrF2N2. The zero-order valence-electron chi connectivity index (χ0n) is 11.0. The molecule has 0 radical (unpaired) electrons. The highest BCUT2D eigenvalue weighted by Crippen LogP contribution is 2.25. The van der Waals surface area contributed by atoms with Gasteiger partial charge in [-0.15, -0.1) is 0 Å². The van der Waals surface area contributed by atoms with E-state index in [2.05, 4.69) is 21.4 Å². The molecule has 0 aliphatic rings. The van der Waals surface area contributed by atoms with Crippen molar-refractivity contribution in [2.24, 2.45) is 5.84 Å². The molecule has 106 valence electrons. The van der Waals surface area contributed by atoms with Crippen LogP contribution in [-0.2, 0) is 6.42 Å². The van der Waals surface area contributed by atoms with Crippen molar-refractivity contribution in [3.8, 4) is 0 Å². The molecule has 0 saturated carbocycles. The molecule has 2 nitrogen and oxygen atoms in total. The second kappa shape index (κ2) is 6.43. The average molecular weight is 341 g/mol. The summed E-state index contributed by atoms with van der Waals surface area (Å²) in [6.45, 7) is 1.95. The molecule has 2 aromatic rings. The van der Waals surface area contributed by atoms with E-state index in [9.17, 15) is 8.78 Å². The molecule has 2 aromatic carbocycles. The highest BCUT2D eigenvalue weighted by Gasteiger charge is 2.16. The Morgan fingerprint density at radius 3 is 2.60 bits per heavy atom. The van der Waals surface area contributed by atoms with Crippen molar-refractivity contribution in [2.45, 2.75) is 19.4 Å². The van der Waals surface area contributed by atoms with E-state index >= 15 is 0 Å². The minimum absolute atomic E-state index is 0.278. The lowest BCUT2D eigenvalue weighted by molar-refractivity contribution is 0.521. The largest absolute Gasteiger partial charge is 0.271 e. The third-order valence-corrected chi connectivity index (χ3v) is 3.73. The molecule has 0 spiro atoms. The first-order valence-corrected chi connectivity index (χ1v) is 6.96. The number of benzene rings is 2. The summed E-state index contributed by atoms with van der Waals surface area (Å²) in [5, 5.41) is 0. The summed E-state index contributed by atoms with van der Waals surface area (Å²) in [5.41, 5.74) is 4.96. The van der Waals surface area contributed by atoms with Crippen LogP contribution in [-0.4, -0.2) is 0 Å². The van der Waals surface area contributed by atoms with Gasteiger partial charge in [-0.05, 0) is 60.4 Å². The van der Waals surface area contributed by atoms with Gasteiger partial charge in [-0.25, -0.2) is 8.78 Å². The molecule has 5 heteroatoms. The SMILES string of the molecule is Cc1cc(Br)ccc1C(Cc1cc(F)ccc1F)NN. The van der Waals surface area contributed by atoms with Crippen LogP contribution in [0.4, 0.5) is 8.78 Å². The van der Waals surface area contributed by atoms with Crippen molar-refractivity contribution in [1.82, 2.24) is 5.43 Å². The Kier molecular flexibility index (Phi) is 4.86. The first-order valence-electron chi connectivity index (χ1n) is 6.17. The van der Waals surface area contributed by atoms with Gasteiger partial charge in [0.2, 0.25) is 0 Å². The maximum Gasteiger partial charge on any atom is 0.126 e. The zero-order chi connectivity index (χ0) is 14.7. The smallest absolute Gasteiger partial charge is 0.126 e. The van der Waals surface area contributed by atoms with E-state index < -0.39 is 11.6 Å². The predicted molar refractivity (Wildman–Crippen MR) is 79.0 cm³/mol. The zero-order valence-corrected chi connectivity index (χ0v) is 12.5. The maximum atomic E-state index is 13.7. The van der Waals surface area contributed by atoms with E-state index in [-0.39, 0.29) is 12.5 Å². The predicted octanol–water partition coefficient (Wildman–Crippen LogP) is 3.78. The summed E-state index contributed by atoms with van der Waals surface area (Å²) in [4.78, 5) is 0. The number of hydrazine groups is 1. The van der Waals surface area contributed by atoms with Gasteiger partial charge in [-0.3, -0.25) is 11.3 Å². The van der Waals surface area contributed by atoms with E-state index in [1.165, 1.54) is 6.07 Å². The third-order valence-electron chi connectivity index (χ3n) is 3.24. The number of nitrogens with one attached hydrogen (secondary N) is 1. The molecular weight excluding hydrogens is 326 g/mol. The van der Waals surface area contributed by atoms with Crippen LogP contribution in [0, 0.1) is 18.6 Å². The van der Waals surface area contributed by atoms with Gasteiger partial charge < -0.3 is 0 Å². The normalized spacial score (nSPS) is 12.4. The number of nitrogens with two attached hydrogens (primary N) is 1.